The number of carbonyl (C=O) groups excluding carboxylic acids is 1. The summed E-state index contributed by atoms with van der Waals surface area (Å²) in [6.07, 6.45) is 4.87. The summed E-state index contributed by atoms with van der Waals surface area (Å²) in [4.78, 5) is 19.0. The quantitative estimate of drug-likeness (QED) is 0.183. The van der Waals surface area contributed by atoms with Crippen molar-refractivity contribution in [2.75, 3.05) is 7.11 Å². The Morgan fingerprint density at radius 1 is 1.03 bits per heavy atom. The van der Waals surface area contributed by atoms with Gasteiger partial charge < -0.3 is 21.1 Å². The summed E-state index contributed by atoms with van der Waals surface area (Å²) in [5, 5.41) is 15.4. The monoisotopic (exact) mass is 465 g/mol. The summed E-state index contributed by atoms with van der Waals surface area (Å²) in [5.74, 6) is 0.285. The number of hydrazone groups is 1. The number of benzene rings is 2. The number of hydrogen-bond acceptors (Lipinski definition) is 6. The van der Waals surface area contributed by atoms with E-state index in [4.69, 9.17) is 10.5 Å². The van der Waals surface area contributed by atoms with E-state index >= 15 is 0 Å². The first-order chi connectivity index (χ1) is 14.1. The maximum atomic E-state index is 10.3. The fourth-order valence-corrected chi connectivity index (χ4v) is 2.65. The van der Waals surface area contributed by atoms with Crippen molar-refractivity contribution in [3.8, 4) is 11.5 Å². The number of pyridine rings is 2. The molecule has 0 radical (unpaired) electrons. The zero-order chi connectivity index (χ0) is 20.6. The summed E-state index contributed by atoms with van der Waals surface area (Å²) in [6.45, 7) is 0. The molecule has 0 saturated carbocycles. The van der Waals surface area contributed by atoms with Crippen molar-refractivity contribution in [2.45, 2.75) is 0 Å². The molecule has 0 saturated heterocycles. The molecule has 0 aliphatic carbocycles. The van der Waals surface area contributed by atoms with Crippen LogP contribution in [0.3, 0.4) is 0 Å². The number of amides is 2. The second kappa shape index (κ2) is 12.1. The third-order valence-electron chi connectivity index (χ3n) is 3.97. The van der Waals surface area contributed by atoms with Gasteiger partial charge in [0.2, 0.25) is 0 Å². The fourth-order valence-electron chi connectivity index (χ4n) is 2.65. The fraction of sp³-hybridized carbons (Fsp3) is 0.0476. The molecule has 2 aromatic carbocycles. The van der Waals surface area contributed by atoms with Gasteiger partial charge in [-0.1, -0.05) is 30.3 Å². The third-order valence-corrected chi connectivity index (χ3v) is 3.97. The molecule has 0 fully saturated rings. The molecule has 0 atom stereocenters. The number of phenolic OH excluding ortho intramolecular Hbond substituents is 1. The van der Waals surface area contributed by atoms with E-state index in [1.165, 1.54) is 13.3 Å². The number of aromatic nitrogens is 2. The van der Waals surface area contributed by atoms with E-state index in [1.54, 1.807) is 30.6 Å². The van der Waals surface area contributed by atoms with Crippen molar-refractivity contribution in [2.24, 2.45) is 10.8 Å². The molecule has 0 unspecified atom stereocenters. The first-order valence-corrected chi connectivity index (χ1v) is 8.63. The number of nitrogens with two attached hydrogens (primary N) is 1. The number of carbonyl (C=O) groups is 1. The summed E-state index contributed by atoms with van der Waals surface area (Å²) in [6, 6.07) is 16.3. The third kappa shape index (κ3) is 6.37. The minimum atomic E-state index is -0.770. The van der Waals surface area contributed by atoms with Gasteiger partial charge in [-0.25, -0.2) is 10.2 Å². The number of methoxy groups -OCH3 is 1. The molecule has 4 rings (SSSR count). The first kappa shape index (κ1) is 25.3. The van der Waals surface area contributed by atoms with Crippen LogP contribution in [0.2, 0.25) is 0 Å². The van der Waals surface area contributed by atoms with Crippen molar-refractivity contribution in [3.63, 3.8) is 0 Å². The van der Waals surface area contributed by atoms with Crippen LogP contribution in [0, 0.1) is 0 Å². The average Bonchev–Trinajstić information content (AvgIpc) is 2.75. The molecular formula is C21H21N5NiO4. The summed E-state index contributed by atoms with van der Waals surface area (Å²) < 4.78 is 4.89. The maximum Gasteiger partial charge on any atom is 0.332 e. The average molecular weight is 466 g/mol. The van der Waals surface area contributed by atoms with Crippen molar-refractivity contribution >= 4 is 34.1 Å². The van der Waals surface area contributed by atoms with Crippen LogP contribution in [0.15, 0.2) is 72.1 Å². The number of rotatable bonds is 3. The topological polar surface area (TPSA) is 154 Å². The molecule has 0 spiro atoms. The van der Waals surface area contributed by atoms with E-state index < -0.39 is 6.03 Å². The van der Waals surface area contributed by atoms with Crippen LogP contribution in [-0.2, 0) is 16.5 Å². The normalized spacial score (nSPS) is 9.84. The molecule has 4 aromatic rings. The molecule has 0 bridgehead atoms. The Kier molecular flexibility index (Phi) is 9.84. The molecule has 2 heterocycles. The molecular weight excluding hydrogens is 445 g/mol. The minimum absolute atomic E-state index is 0. The van der Waals surface area contributed by atoms with Gasteiger partial charge in [-0.2, -0.15) is 5.10 Å². The number of hydrogen-bond donors (Lipinski definition) is 3. The molecule has 6 N–H and O–H groups in total. The summed E-state index contributed by atoms with van der Waals surface area (Å²) in [7, 11) is 1.44. The van der Waals surface area contributed by atoms with Gasteiger partial charge >= 0.3 is 6.03 Å². The number of para-hydroxylation sites is 1. The van der Waals surface area contributed by atoms with Gasteiger partial charge in [-0.15, -0.1) is 0 Å². The van der Waals surface area contributed by atoms with Gasteiger partial charge in [0.25, 0.3) is 0 Å². The first-order valence-electron chi connectivity index (χ1n) is 8.63. The van der Waals surface area contributed by atoms with Gasteiger partial charge in [-0.3, -0.25) is 9.97 Å². The number of nitrogens with one attached hydrogen (secondary N) is 1. The van der Waals surface area contributed by atoms with Crippen LogP contribution in [0.25, 0.3) is 21.8 Å². The Hall–Kier alpha value is -3.75. The van der Waals surface area contributed by atoms with Crippen LogP contribution < -0.4 is 15.9 Å². The van der Waals surface area contributed by atoms with Crippen molar-refractivity contribution in [1.29, 1.82) is 0 Å². The van der Waals surface area contributed by atoms with E-state index in [1.807, 2.05) is 17.6 Å². The minimum Gasteiger partial charge on any atom is -0.504 e. The molecule has 0 aliphatic heterocycles. The second-order valence-corrected chi connectivity index (χ2v) is 5.85. The number of aromatic hydroxyl groups is 1. The Balaban J connectivity index is 0.000000291. The summed E-state index contributed by atoms with van der Waals surface area (Å²) >= 11 is 0. The van der Waals surface area contributed by atoms with E-state index in [9.17, 15) is 9.90 Å². The van der Waals surface area contributed by atoms with Crippen molar-refractivity contribution in [1.82, 2.24) is 15.4 Å². The Bertz CT molecular complexity index is 1130. The molecule has 164 valence electrons. The van der Waals surface area contributed by atoms with Crippen molar-refractivity contribution in [3.05, 3.63) is 72.6 Å². The largest absolute Gasteiger partial charge is 0.504 e. The molecule has 2 amide bonds. The maximum absolute atomic E-state index is 10.3. The smallest absolute Gasteiger partial charge is 0.332 e. The molecule has 9 nitrogen and oxygen atoms in total. The Morgan fingerprint density at radius 3 is 2.13 bits per heavy atom. The van der Waals surface area contributed by atoms with Crippen LogP contribution in [0.4, 0.5) is 4.79 Å². The van der Waals surface area contributed by atoms with E-state index in [0.29, 0.717) is 11.3 Å². The number of phenols is 1. The van der Waals surface area contributed by atoms with Gasteiger partial charge in [0.1, 0.15) is 0 Å². The molecule has 2 aromatic heterocycles. The Morgan fingerprint density at radius 2 is 1.61 bits per heavy atom. The number of primary amides is 1. The number of ether oxygens (including phenoxy) is 1. The van der Waals surface area contributed by atoms with Gasteiger partial charge in [-0.05, 0) is 24.3 Å². The molecule has 31 heavy (non-hydrogen) atoms. The van der Waals surface area contributed by atoms with Crippen molar-refractivity contribution < 1.29 is 36.6 Å². The standard InChI is InChI=1S/C12H8N2.C9H11N3O3.Ni.H2O/c1-3-9-5-6-10-4-2-8-14-12(10)11(9)13-7-1;1-15-7-4-2-3-6(8(7)13)5-11-12-9(10)14;;/h1-8H;2-5,13H,1H3,(H3,10,12,14);;1H2/b;11-5+;;. The summed E-state index contributed by atoms with van der Waals surface area (Å²) in [5.41, 5.74) is 9.19. The number of urea groups is 1. The van der Waals surface area contributed by atoms with Gasteiger partial charge in [0.15, 0.2) is 11.5 Å². The molecule has 10 heteroatoms. The number of fused-ring (bicyclic) bond motifs is 3. The molecule has 0 aliphatic rings. The van der Waals surface area contributed by atoms with Gasteiger partial charge in [0, 0.05) is 45.2 Å². The van der Waals surface area contributed by atoms with Crippen LogP contribution >= 0.6 is 0 Å². The SMILES string of the molecule is COc1cccc(/C=N/NC(N)=O)c1O.O.[Ni].c1cnc2c(c1)ccc1cccnc12. The Labute approximate surface area is 188 Å². The van der Waals surface area contributed by atoms with E-state index in [-0.39, 0.29) is 27.7 Å². The van der Waals surface area contributed by atoms with Crippen LogP contribution in [0.5, 0.6) is 11.5 Å². The van der Waals surface area contributed by atoms with E-state index in [0.717, 1.165) is 21.8 Å². The van der Waals surface area contributed by atoms with E-state index in [2.05, 4.69) is 39.3 Å². The second-order valence-electron chi connectivity index (χ2n) is 5.85. The predicted octanol–water partition coefficient (Wildman–Crippen LogP) is 2.36. The van der Waals surface area contributed by atoms with Crippen LogP contribution in [0.1, 0.15) is 5.56 Å². The predicted molar refractivity (Wildman–Crippen MR) is 116 cm³/mol. The zero-order valence-corrected chi connectivity index (χ0v) is 17.4. The zero-order valence-electron chi connectivity index (χ0n) is 16.4. The number of nitrogens with zero attached hydrogens (tertiary/aromatic N) is 3. The van der Waals surface area contributed by atoms with Crippen LogP contribution in [-0.4, -0.2) is 39.9 Å². The van der Waals surface area contributed by atoms with Gasteiger partial charge in [0.05, 0.1) is 24.4 Å².